The van der Waals surface area contributed by atoms with Crippen LogP contribution in [0.15, 0.2) is 29.4 Å². The number of rotatable bonds is 4. The quantitative estimate of drug-likeness (QED) is 0.678. The molecule has 0 saturated carbocycles. The highest BCUT2D eigenvalue weighted by Crippen LogP contribution is 2.30. The van der Waals surface area contributed by atoms with Crippen LogP contribution in [0.3, 0.4) is 0 Å². The molecule has 2 rings (SSSR count). The maximum Gasteiger partial charge on any atom is 0.284 e. The summed E-state index contributed by atoms with van der Waals surface area (Å²) in [4.78, 5) is 12.0. The van der Waals surface area contributed by atoms with Crippen molar-refractivity contribution in [2.75, 3.05) is 6.61 Å². The molecule has 5 heteroatoms. The molecule has 108 valence electrons. The summed E-state index contributed by atoms with van der Waals surface area (Å²) in [5.41, 5.74) is 3.51. The van der Waals surface area contributed by atoms with E-state index < -0.39 is 6.10 Å². The van der Waals surface area contributed by atoms with Crippen LogP contribution < -0.4 is 14.9 Å². The molecule has 0 unspecified atom stereocenters. The monoisotopic (exact) mass is 276 g/mol. The lowest BCUT2D eigenvalue weighted by atomic mass is 10.1. The number of benzene rings is 1. The van der Waals surface area contributed by atoms with Crippen molar-refractivity contribution < 1.29 is 14.3 Å². The average Bonchev–Trinajstić information content (AvgIpc) is 2.46. The lowest BCUT2D eigenvalue weighted by Gasteiger charge is -2.25. The molecule has 1 N–H and O–H groups in total. The lowest BCUT2D eigenvalue weighted by Crippen LogP contribution is -2.42. The SMILES string of the molecule is CC/C(=N/NC(=O)[C@H]1COc2ccccc2O1)C(C)C. The zero-order chi connectivity index (χ0) is 14.5. The van der Waals surface area contributed by atoms with Gasteiger partial charge in [0.25, 0.3) is 5.91 Å². The van der Waals surface area contributed by atoms with Crippen LogP contribution >= 0.6 is 0 Å². The van der Waals surface area contributed by atoms with Crippen molar-refractivity contribution in [3.63, 3.8) is 0 Å². The van der Waals surface area contributed by atoms with Gasteiger partial charge >= 0.3 is 0 Å². The van der Waals surface area contributed by atoms with Gasteiger partial charge in [-0.05, 0) is 24.5 Å². The zero-order valence-corrected chi connectivity index (χ0v) is 12.1. The molecule has 0 saturated heterocycles. The van der Waals surface area contributed by atoms with E-state index in [1.54, 1.807) is 6.07 Å². The second-order valence-electron chi connectivity index (χ2n) is 4.95. The van der Waals surface area contributed by atoms with Gasteiger partial charge in [-0.3, -0.25) is 4.79 Å². The molecule has 1 aromatic rings. The fraction of sp³-hybridized carbons (Fsp3) is 0.467. The van der Waals surface area contributed by atoms with Crippen LogP contribution in [0.4, 0.5) is 0 Å². The molecular weight excluding hydrogens is 256 g/mol. The Morgan fingerprint density at radius 3 is 2.75 bits per heavy atom. The van der Waals surface area contributed by atoms with Crippen molar-refractivity contribution in [1.82, 2.24) is 5.43 Å². The number of carbonyl (C=O) groups excluding carboxylic acids is 1. The van der Waals surface area contributed by atoms with Crippen molar-refractivity contribution in [2.45, 2.75) is 33.3 Å². The third-order valence-corrected chi connectivity index (χ3v) is 3.14. The Morgan fingerprint density at radius 2 is 2.10 bits per heavy atom. The van der Waals surface area contributed by atoms with Gasteiger partial charge in [0.2, 0.25) is 6.10 Å². The number of nitrogens with one attached hydrogen (secondary N) is 1. The molecule has 1 aliphatic heterocycles. The molecule has 1 atom stereocenters. The molecule has 1 aromatic carbocycles. The van der Waals surface area contributed by atoms with Gasteiger partial charge in [-0.1, -0.05) is 32.9 Å². The first-order chi connectivity index (χ1) is 9.61. The number of nitrogens with zero attached hydrogens (tertiary/aromatic N) is 1. The molecule has 0 aliphatic carbocycles. The van der Waals surface area contributed by atoms with Gasteiger partial charge < -0.3 is 9.47 Å². The van der Waals surface area contributed by atoms with Gasteiger partial charge in [0.15, 0.2) is 11.5 Å². The molecule has 1 heterocycles. The van der Waals surface area contributed by atoms with Crippen LogP contribution in [-0.2, 0) is 4.79 Å². The Hall–Kier alpha value is -2.04. The first-order valence-corrected chi connectivity index (χ1v) is 6.86. The number of hydrazone groups is 1. The predicted molar refractivity (Wildman–Crippen MR) is 77.1 cm³/mol. The Labute approximate surface area is 119 Å². The summed E-state index contributed by atoms with van der Waals surface area (Å²) < 4.78 is 11.1. The van der Waals surface area contributed by atoms with Crippen LogP contribution in [-0.4, -0.2) is 24.3 Å². The van der Waals surface area contributed by atoms with Gasteiger partial charge in [-0.2, -0.15) is 5.10 Å². The number of carbonyl (C=O) groups is 1. The molecule has 1 aliphatic rings. The Morgan fingerprint density at radius 1 is 1.40 bits per heavy atom. The van der Waals surface area contributed by atoms with Gasteiger partial charge in [0.1, 0.15) is 6.61 Å². The predicted octanol–water partition coefficient (Wildman–Crippen LogP) is 2.36. The molecule has 1 amide bonds. The van der Waals surface area contributed by atoms with E-state index >= 15 is 0 Å². The summed E-state index contributed by atoms with van der Waals surface area (Å²) in [6.07, 6.45) is 0.141. The molecule has 20 heavy (non-hydrogen) atoms. The first-order valence-electron chi connectivity index (χ1n) is 6.86. The minimum Gasteiger partial charge on any atom is -0.485 e. The summed E-state index contributed by atoms with van der Waals surface area (Å²) in [7, 11) is 0. The van der Waals surface area contributed by atoms with Crippen LogP contribution in [0.25, 0.3) is 0 Å². The van der Waals surface area contributed by atoms with E-state index in [1.165, 1.54) is 0 Å². The number of fused-ring (bicyclic) bond motifs is 1. The first kappa shape index (κ1) is 14.4. The fourth-order valence-corrected chi connectivity index (χ4v) is 1.96. The number of hydrogen-bond acceptors (Lipinski definition) is 4. The van der Waals surface area contributed by atoms with E-state index in [1.807, 2.05) is 39.0 Å². The highest BCUT2D eigenvalue weighted by molar-refractivity contribution is 5.88. The van der Waals surface area contributed by atoms with Crippen LogP contribution in [0.2, 0.25) is 0 Å². The summed E-state index contributed by atoms with van der Waals surface area (Å²) in [5.74, 6) is 1.27. The second kappa shape index (κ2) is 6.41. The maximum atomic E-state index is 12.0. The maximum absolute atomic E-state index is 12.0. The third kappa shape index (κ3) is 3.29. The van der Waals surface area contributed by atoms with Gasteiger partial charge in [0, 0.05) is 5.71 Å². The number of ether oxygens (including phenoxy) is 2. The highest BCUT2D eigenvalue weighted by atomic mass is 16.6. The van der Waals surface area contributed by atoms with Crippen LogP contribution in [0.5, 0.6) is 11.5 Å². The summed E-state index contributed by atoms with van der Waals surface area (Å²) in [6.45, 7) is 6.30. The summed E-state index contributed by atoms with van der Waals surface area (Å²) in [5, 5.41) is 4.15. The average molecular weight is 276 g/mol. The van der Waals surface area contributed by atoms with E-state index in [-0.39, 0.29) is 12.5 Å². The molecule has 0 spiro atoms. The van der Waals surface area contributed by atoms with E-state index in [4.69, 9.17) is 9.47 Å². The minimum absolute atomic E-state index is 0.196. The fourth-order valence-electron chi connectivity index (χ4n) is 1.96. The summed E-state index contributed by atoms with van der Waals surface area (Å²) >= 11 is 0. The molecule has 0 radical (unpaired) electrons. The van der Waals surface area contributed by atoms with E-state index in [0.29, 0.717) is 17.4 Å². The molecule has 5 nitrogen and oxygen atoms in total. The van der Waals surface area contributed by atoms with Gasteiger partial charge in [0.05, 0.1) is 0 Å². The summed E-state index contributed by atoms with van der Waals surface area (Å²) in [6, 6.07) is 7.30. The van der Waals surface area contributed by atoms with Crippen molar-refractivity contribution in [1.29, 1.82) is 0 Å². The Balaban J connectivity index is 1.98. The molecule has 0 aromatic heterocycles. The molecular formula is C15H20N2O3. The van der Waals surface area contributed by atoms with E-state index in [9.17, 15) is 4.79 Å². The van der Waals surface area contributed by atoms with Crippen molar-refractivity contribution in [3.8, 4) is 11.5 Å². The number of amides is 1. The molecule has 0 bridgehead atoms. The molecule has 0 fully saturated rings. The standard InChI is InChI=1S/C15H20N2O3/c1-4-11(10(2)3)16-17-15(18)14-9-19-12-7-5-6-8-13(12)20-14/h5-8,10,14H,4,9H2,1-3H3,(H,17,18)/b16-11-/t14-/m1/s1. The highest BCUT2D eigenvalue weighted by Gasteiger charge is 2.27. The van der Waals surface area contributed by atoms with Gasteiger partial charge in [-0.15, -0.1) is 0 Å². The smallest absolute Gasteiger partial charge is 0.284 e. The van der Waals surface area contributed by atoms with Crippen LogP contribution in [0, 0.1) is 5.92 Å². The van der Waals surface area contributed by atoms with Crippen molar-refractivity contribution in [3.05, 3.63) is 24.3 Å². The Kier molecular flexibility index (Phi) is 4.61. The van der Waals surface area contributed by atoms with Crippen molar-refractivity contribution in [2.24, 2.45) is 11.0 Å². The van der Waals surface area contributed by atoms with E-state index in [2.05, 4.69) is 10.5 Å². The largest absolute Gasteiger partial charge is 0.485 e. The second-order valence-corrected chi connectivity index (χ2v) is 4.95. The van der Waals surface area contributed by atoms with E-state index in [0.717, 1.165) is 12.1 Å². The third-order valence-electron chi connectivity index (χ3n) is 3.14. The minimum atomic E-state index is -0.668. The lowest BCUT2D eigenvalue weighted by molar-refractivity contribution is -0.130. The van der Waals surface area contributed by atoms with Gasteiger partial charge in [-0.25, -0.2) is 5.43 Å². The van der Waals surface area contributed by atoms with Crippen molar-refractivity contribution >= 4 is 11.6 Å². The zero-order valence-electron chi connectivity index (χ0n) is 12.1. The topological polar surface area (TPSA) is 59.9 Å². The number of para-hydroxylation sites is 2. The Bertz CT molecular complexity index is 512. The van der Waals surface area contributed by atoms with Crippen LogP contribution in [0.1, 0.15) is 27.2 Å². The normalized spacial score (nSPS) is 18.0. The number of hydrogen-bond donors (Lipinski definition) is 1.